The molecule has 4 N–H and O–H groups in total. The van der Waals surface area contributed by atoms with Crippen LogP contribution in [0, 0.1) is 0 Å². The highest BCUT2D eigenvalue weighted by Gasteiger charge is 2.15. The fraction of sp³-hybridized carbons (Fsp3) is 0.455. The Labute approximate surface area is 102 Å². The van der Waals surface area contributed by atoms with Gasteiger partial charge >= 0.3 is 0 Å². The molecule has 0 fully saturated rings. The average molecular weight is 258 g/mol. The van der Waals surface area contributed by atoms with Crippen molar-refractivity contribution in [1.29, 1.82) is 0 Å². The van der Waals surface area contributed by atoms with Crippen molar-refractivity contribution in [2.24, 2.45) is 5.14 Å². The maximum atomic E-state index is 11.4. The lowest BCUT2D eigenvalue weighted by Gasteiger charge is -2.18. The molecule has 96 valence electrons. The Hall–Kier alpha value is -1.11. The summed E-state index contributed by atoms with van der Waals surface area (Å²) < 4.78 is 22.7. The van der Waals surface area contributed by atoms with Gasteiger partial charge in [0, 0.05) is 12.6 Å². The summed E-state index contributed by atoms with van der Waals surface area (Å²) in [5.74, 6) is 0. The number of rotatable bonds is 6. The number of benzene rings is 1. The molecular formula is C11H18N2O3S. The Kier molecular flexibility index (Phi) is 4.92. The molecule has 0 saturated heterocycles. The van der Waals surface area contributed by atoms with Crippen LogP contribution in [0.5, 0.6) is 0 Å². The average Bonchev–Trinajstić information content (AvgIpc) is 2.27. The second-order valence-electron chi connectivity index (χ2n) is 3.80. The first-order chi connectivity index (χ1) is 7.99. The topological polar surface area (TPSA) is 92.4 Å². The van der Waals surface area contributed by atoms with Crippen LogP contribution in [0.15, 0.2) is 29.2 Å². The highest BCUT2D eigenvalue weighted by molar-refractivity contribution is 7.89. The van der Waals surface area contributed by atoms with Crippen LogP contribution in [0.3, 0.4) is 0 Å². The molecule has 6 heteroatoms. The van der Waals surface area contributed by atoms with Crippen molar-refractivity contribution < 1.29 is 13.5 Å². The van der Waals surface area contributed by atoms with Crippen LogP contribution in [0.2, 0.25) is 0 Å². The number of anilines is 1. The predicted molar refractivity (Wildman–Crippen MR) is 67.2 cm³/mol. The Balaban J connectivity index is 2.98. The minimum Gasteiger partial charge on any atom is -0.396 e. The molecule has 0 aliphatic heterocycles. The quantitative estimate of drug-likeness (QED) is 0.707. The van der Waals surface area contributed by atoms with Gasteiger partial charge in [0.2, 0.25) is 10.0 Å². The van der Waals surface area contributed by atoms with Crippen LogP contribution in [0.1, 0.15) is 19.8 Å². The molecule has 0 heterocycles. The number of nitrogens with two attached hydrogens (primary N) is 1. The van der Waals surface area contributed by atoms with Crippen LogP contribution in [-0.2, 0) is 10.0 Å². The smallest absolute Gasteiger partial charge is 0.240 e. The van der Waals surface area contributed by atoms with Crippen LogP contribution in [-0.4, -0.2) is 26.2 Å². The van der Waals surface area contributed by atoms with Gasteiger partial charge in [0.15, 0.2) is 0 Å². The predicted octanol–water partition coefficient (Wildman–Crippen LogP) is 0.907. The lowest BCUT2D eigenvalue weighted by Crippen LogP contribution is -2.22. The summed E-state index contributed by atoms with van der Waals surface area (Å²) in [6, 6.07) is 6.52. The molecule has 17 heavy (non-hydrogen) atoms. The highest BCUT2D eigenvalue weighted by atomic mass is 32.2. The third kappa shape index (κ3) is 3.99. The Morgan fingerprint density at radius 2 is 2.06 bits per heavy atom. The molecular weight excluding hydrogens is 240 g/mol. The molecule has 0 aliphatic carbocycles. The third-order valence-corrected chi connectivity index (χ3v) is 3.49. The van der Waals surface area contributed by atoms with Gasteiger partial charge in [-0.3, -0.25) is 0 Å². The zero-order chi connectivity index (χ0) is 12.9. The number of hydrogen-bond acceptors (Lipinski definition) is 4. The van der Waals surface area contributed by atoms with E-state index in [-0.39, 0.29) is 17.5 Å². The molecule has 0 saturated carbocycles. The van der Waals surface area contributed by atoms with Gasteiger partial charge in [-0.2, -0.15) is 0 Å². The molecule has 0 aliphatic rings. The van der Waals surface area contributed by atoms with E-state index in [9.17, 15) is 8.42 Å². The standard InChI is InChI=1S/C11H18N2O3S/c1-2-9(7-8-14)13-10-5-3-4-6-11(10)17(12,15)16/h3-6,9,13-14H,2,7-8H2,1H3,(H2,12,15,16). The lowest BCUT2D eigenvalue weighted by molar-refractivity contribution is 0.278. The maximum absolute atomic E-state index is 11.4. The summed E-state index contributed by atoms with van der Waals surface area (Å²) in [7, 11) is -3.73. The van der Waals surface area contributed by atoms with Crippen molar-refractivity contribution >= 4 is 15.7 Å². The van der Waals surface area contributed by atoms with E-state index in [0.29, 0.717) is 12.1 Å². The lowest BCUT2D eigenvalue weighted by atomic mass is 10.1. The zero-order valence-electron chi connectivity index (χ0n) is 9.76. The Morgan fingerprint density at radius 1 is 1.41 bits per heavy atom. The first-order valence-corrected chi connectivity index (χ1v) is 7.03. The molecule has 0 aromatic heterocycles. The van der Waals surface area contributed by atoms with Gasteiger partial charge in [-0.15, -0.1) is 0 Å². The number of hydrogen-bond donors (Lipinski definition) is 3. The van der Waals surface area contributed by atoms with E-state index in [2.05, 4.69) is 5.32 Å². The van der Waals surface area contributed by atoms with Crippen molar-refractivity contribution in [3.8, 4) is 0 Å². The van der Waals surface area contributed by atoms with Crippen molar-refractivity contribution in [1.82, 2.24) is 0 Å². The van der Waals surface area contributed by atoms with Crippen molar-refractivity contribution in [2.45, 2.75) is 30.7 Å². The number of aliphatic hydroxyl groups excluding tert-OH is 1. The molecule has 0 radical (unpaired) electrons. The summed E-state index contributed by atoms with van der Waals surface area (Å²) in [5, 5.41) is 17.1. The molecule has 0 bridgehead atoms. The van der Waals surface area contributed by atoms with E-state index in [1.807, 2.05) is 6.92 Å². The van der Waals surface area contributed by atoms with Crippen LogP contribution in [0.25, 0.3) is 0 Å². The molecule has 1 rings (SSSR count). The summed E-state index contributed by atoms with van der Waals surface area (Å²) in [5.41, 5.74) is 0.482. The summed E-state index contributed by atoms with van der Waals surface area (Å²) in [6.07, 6.45) is 1.36. The molecule has 1 aromatic carbocycles. The third-order valence-electron chi connectivity index (χ3n) is 2.52. The second-order valence-corrected chi connectivity index (χ2v) is 5.33. The van der Waals surface area contributed by atoms with E-state index < -0.39 is 10.0 Å². The fourth-order valence-corrected chi connectivity index (χ4v) is 2.29. The van der Waals surface area contributed by atoms with Crippen molar-refractivity contribution in [3.05, 3.63) is 24.3 Å². The van der Waals surface area contributed by atoms with Crippen LogP contribution >= 0.6 is 0 Å². The van der Waals surface area contributed by atoms with E-state index in [0.717, 1.165) is 6.42 Å². The summed E-state index contributed by atoms with van der Waals surface area (Å²) in [6.45, 7) is 2.02. The Morgan fingerprint density at radius 3 is 2.59 bits per heavy atom. The first kappa shape index (κ1) is 14.0. The van der Waals surface area contributed by atoms with E-state index in [1.54, 1.807) is 18.2 Å². The van der Waals surface area contributed by atoms with Gasteiger partial charge in [-0.1, -0.05) is 19.1 Å². The monoisotopic (exact) mass is 258 g/mol. The van der Waals surface area contributed by atoms with Gasteiger partial charge in [0.05, 0.1) is 5.69 Å². The summed E-state index contributed by atoms with van der Waals surface area (Å²) >= 11 is 0. The van der Waals surface area contributed by atoms with Gasteiger partial charge in [-0.25, -0.2) is 13.6 Å². The second kappa shape index (κ2) is 6.00. The molecule has 5 nitrogen and oxygen atoms in total. The molecule has 1 aromatic rings. The molecule has 1 atom stereocenters. The number of para-hydroxylation sites is 1. The van der Waals surface area contributed by atoms with E-state index in [1.165, 1.54) is 6.07 Å². The van der Waals surface area contributed by atoms with Gasteiger partial charge in [-0.05, 0) is 25.0 Å². The number of primary sulfonamides is 1. The van der Waals surface area contributed by atoms with Gasteiger partial charge in [0.25, 0.3) is 0 Å². The molecule has 0 amide bonds. The first-order valence-electron chi connectivity index (χ1n) is 5.48. The maximum Gasteiger partial charge on any atom is 0.240 e. The number of sulfonamides is 1. The summed E-state index contributed by atoms with van der Waals surface area (Å²) in [4.78, 5) is 0.0800. The van der Waals surface area contributed by atoms with Crippen molar-refractivity contribution in [2.75, 3.05) is 11.9 Å². The van der Waals surface area contributed by atoms with Crippen LogP contribution < -0.4 is 10.5 Å². The van der Waals surface area contributed by atoms with Gasteiger partial charge < -0.3 is 10.4 Å². The number of aliphatic hydroxyl groups is 1. The Bertz CT molecular complexity index is 460. The minimum atomic E-state index is -3.73. The SMILES string of the molecule is CCC(CCO)Nc1ccccc1S(N)(=O)=O. The normalized spacial score (nSPS) is 13.4. The molecule has 0 spiro atoms. The van der Waals surface area contributed by atoms with Gasteiger partial charge in [0.1, 0.15) is 4.90 Å². The van der Waals surface area contributed by atoms with E-state index >= 15 is 0 Å². The molecule has 1 unspecified atom stereocenters. The fourth-order valence-electron chi connectivity index (χ4n) is 1.59. The zero-order valence-corrected chi connectivity index (χ0v) is 10.6. The minimum absolute atomic E-state index is 0.0305. The highest BCUT2D eigenvalue weighted by Crippen LogP contribution is 2.21. The van der Waals surface area contributed by atoms with E-state index in [4.69, 9.17) is 10.2 Å². The number of nitrogens with one attached hydrogen (secondary N) is 1. The van der Waals surface area contributed by atoms with Crippen LogP contribution in [0.4, 0.5) is 5.69 Å². The largest absolute Gasteiger partial charge is 0.396 e. The van der Waals surface area contributed by atoms with Crippen molar-refractivity contribution in [3.63, 3.8) is 0 Å².